The van der Waals surface area contributed by atoms with E-state index < -0.39 is 5.97 Å². The molecule has 0 saturated carbocycles. The minimum Gasteiger partial charge on any atom is -0.478 e. The van der Waals surface area contributed by atoms with Crippen LogP contribution in [0.4, 0.5) is 5.82 Å². The molecule has 0 aliphatic heterocycles. The van der Waals surface area contributed by atoms with E-state index >= 15 is 0 Å². The van der Waals surface area contributed by atoms with Crippen LogP contribution in [0.25, 0.3) is 0 Å². The molecule has 6 heteroatoms. The highest BCUT2D eigenvalue weighted by atomic mass is 16.4. The van der Waals surface area contributed by atoms with E-state index in [9.17, 15) is 4.79 Å². The highest BCUT2D eigenvalue weighted by Crippen LogP contribution is 2.17. The third-order valence-corrected chi connectivity index (χ3v) is 2.45. The minimum absolute atomic E-state index is 0.167. The van der Waals surface area contributed by atoms with Gasteiger partial charge in [0.1, 0.15) is 17.1 Å². The lowest BCUT2D eigenvalue weighted by Gasteiger charge is -2.08. The Balaban J connectivity index is 2.19. The second-order valence-corrected chi connectivity index (χ2v) is 3.87. The smallest absolute Gasteiger partial charge is 0.339 e. The van der Waals surface area contributed by atoms with Gasteiger partial charge in [-0.2, -0.15) is 0 Å². The number of rotatable bonds is 4. The van der Waals surface area contributed by atoms with Crippen molar-refractivity contribution >= 4 is 11.8 Å². The number of carboxylic acid groups (broad SMARTS) is 1. The number of anilines is 1. The van der Waals surface area contributed by atoms with Gasteiger partial charge in [-0.15, -0.1) is 0 Å². The number of nitrogens with zero attached hydrogens (tertiary/aromatic N) is 2. The molecule has 0 saturated heterocycles. The van der Waals surface area contributed by atoms with Crippen molar-refractivity contribution in [2.75, 3.05) is 5.32 Å². The topological polar surface area (TPSA) is 88.2 Å². The van der Waals surface area contributed by atoms with Crippen LogP contribution in [-0.2, 0) is 6.54 Å². The summed E-state index contributed by atoms with van der Waals surface area (Å²) in [5.74, 6) is 0.514. The molecule has 0 spiro atoms. The van der Waals surface area contributed by atoms with Crippen LogP contribution in [0.1, 0.15) is 27.6 Å². The molecule has 18 heavy (non-hydrogen) atoms. The number of carbonyl (C=O) groups is 1. The number of carboxylic acids is 1. The molecule has 0 bridgehead atoms. The Labute approximate surface area is 104 Å². The van der Waals surface area contributed by atoms with Gasteiger partial charge in [0.2, 0.25) is 5.89 Å². The summed E-state index contributed by atoms with van der Waals surface area (Å²) in [6.07, 6.45) is 3.17. The van der Waals surface area contributed by atoms with Crippen LogP contribution in [0.3, 0.4) is 0 Å². The molecule has 2 heterocycles. The number of hydrogen-bond donors (Lipinski definition) is 2. The van der Waals surface area contributed by atoms with Gasteiger partial charge < -0.3 is 14.8 Å². The van der Waals surface area contributed by atoms with Crippen LogP contribution < -0.4 is 5.32 Å². The van der Waals surface area contributed by atoms with Crippen molar-refractivity contribution in [2.45, 2.75) is 20.4 Å². The van der Waals surface area contributed by atoms with Gasteiger partial charge in [0.15, 0.2) is 0 Å². The molecule has 2 aromatic rings. The maximum absolute atomic E-state index is 11.1. The van der Waals surface area contributed by atoms with Crippen molar-refractivity contribution < 1.29 is 14.3 Å². The Morgan fingerprint density at radius 3 is 2.83 bits per heavy atom. The van der Waals surface area contributed by atoms with Gasteiger partial charge >= 0.3 is 5.97 Å². The highest BCUT2D eigenvalue weighted by Gasteiger charge is 2.14. The SMILES string of the molecule is Cc1cnc(CNc2nccc(C)c2C(=O)O)o1. The molecule has 2 aromatic heterocycles. The lowest BCUT2D eigenvalue weighted by molar-refractivity contribution is 0.0696. The lowest BCUT2D eigenvalue weighted by atomic mass is 10.1. The quantitative estimate of drug-likeness (QED) is 0.859. The van der Waals surface area contributed by atoms with Gasteiger partial charge in [-0.1, -0.05) is 0 Å². The van der Waals surface area contributed by atoms with Crippen molar-refractivity contribution in [2.24, 2.45) is 0 Å². The Morgan fingerprint density at radius 1 is 1.44 bits per heavy atom. The van der Waals surface area contributed by atoms with E-state index in [1.807, 2.05) is 0 Å². The molecule has 2 N–H and O–H groups in total. The molecule has 2 rings (SSSR count). The molecule has 0 aliphatic rings. The second kappa shape index (κ2) is 4.87. The maximum atomic E-state index is 11.1. The maximum Gasteiger partial charge on any atom is 0.339 e. The molecule has 0 radical (unpaired) electrons. The molecular formula is C12H13N3O3. The number of pyridine rings is 1. The largest absolute Gasteiger partial charge is 0.478 e. The fourth-order valence-corrected chi connectivity index (χ4v) is 1.60. The number of hydrogen-bond acceptors (Lipinski definition) is 5. The van der Waals surface area contributed by atoms with Gasteiger partial charge in [-0.3, -0.25) is 0 Å². The normalized spacial score (nSPS) is 10.3. The van der Waals surface area contributed by atoms with E-state index in [2.05, 4.69) is 15.3 Å². The third kappa shape index (κ3) is 2.48. The van der Waals surface area contributed by atoms with Crippen LogP contribution in [0.15, 0.2) is 22.9 Å². The first-order valence-corrected chi connectivity index (χ1v) is 5.42. The van der Waals surface area contributed by atoms with Crippen LogP contribution >= 0.6 is 0 Å². The predicted molar refractivity (Wildman–Crippen MR) is 64.5 cm³/mol. The summed E-state index contributed by atoms with van der Waals surface area (Å²) in [7, 11) is 0. The molecular weight excluding hydrogens is 234 g/mol. The molecule has 0 fully saturated rings. The standard InChI is InChI=1S/C12H13N3O3/c1-7-3-4-13-11(10(7)12(16)17)15-6-9-14-5-8(2)18-9/h3-5H,6H2,1-2H3,(H,13,15)(H,16,17). The zero-order valence-electron chi connectivity index (χ0n) is 10.1. The van der Waals surface area contributed by atoms with E-state index in [1.165, 1.54) is 0 Å². The van der Waals surface area contributed by atoms with Gasteiger partial charge in [0.25, 0.3) is 0 Å². The summed E-state index contributed by atoms with van der Waals surface area (Å²) in [4.78, 5) is 19.2. The predicted octanol–water partition coefficient (Wildman–Crippen LogP) is 2.00. The molecule has 0 unspecified atom stereocenters. The Morgan fingerprint density at radius 2 is 2.22 bits per heavy atom. The third-order valence-electron chi connectivity index (χ3n) is 2.45. The zero-order valence-corrected chi connectivity index (χ0v) is 10.1. The van der Waals surface area contributed by atoms with Gasteiger partial charge in [-0.05, 0) is 25.5 Å². The fraction of sp³-hybridized carbons (Fsp3) is 0.250. The summed E-state index contributed by atoms with van der Waals surface area (Å²) in [5.41, 5.74) is 0.823. The van der Waals surface area contributed by atoms with Crippen LogP contribution in [0.5, 0.6) is 0 Å². The summed E-state index contributed by atoms with van der Waals surface area (Å²) >= 11 is 0. The van der Waals surface area contributed by atoms with E-state index in [0.717, 1.165) is 0 Å². The van der Waals surface area contributed by atoms with Gasteiger partial charge in [0.05, 0.1) is 12.7 Å². The van der Waals surface area contributed by atoms with Crippen molar-refractivity contribution in [3.05, 3.63) is 41.2 Å². The minimum atomic E-state index is -1.01. The monoisotopic (exact) mass is 247 g/mol. The first-order chi connectivity index (χ1) is 8.58. The van der Waals surface area contributed by atoms with E-state index in [-0.39, 0.29) is 5.56 Å². The summed E-state index contributed by atoms with van der Waals surface area (Å²) < 4.78 is 5.29. The van der Waals surface area contributed by atoms with Crippen molar-refractivity contribution in [3.63, 3.8) is 0 Å². The van der Waals surface area contributed by atoms with Gasteiger partial charge in [0, 0.05) is 6.20 Å². The van der Waals surface area contributed by atoms with Crippen molar-refractivity contribution in [1.82, 2.24) is 9.97 Å². The van der Waals surface area contributed by atoms with Crippen LogP contribution in [-0.4, -0.2) is 21.0 Å². The zero-order chi connectivity index (χ0) is 13.1. The number of nitrogens with one attached hydrogen (secondary N) is 1. The lowest BCUT2D eigenvalue weighted by Crippen LogP contribution is -2.10. The Bertz CT molecular complexity index is 578. The number of aromatic nitrogens is 2. The van der Waals surface area contributed by atoms with E-state index in [0.29, 0.717) is 29.6 Å². The molecule has 0 atom stereocenters. The highest BCUT2D eigenvalue weighted by molar-refractivity contribution is 5.94. The Hall–Kier alpha value is -2.37. The second-order valence-electron chi connectivity index (χ2n) is 3.87. The first kappa shape index (κ1) is 12.1. The first-order valence-electron chi connectivity index (χ1n) is 5.42. The fourth-order valence-electron chi connectivity index (χ4n) is 1.60. The molecule has 6 nitrogen and oxygen atoms in total. The summed E-state index contributed by atoms with van der Waals surface area (Å²) in [6, 6.07) is 1.66. The molecule has 0 aliphatic carbocycles. The number of oxazole rings is 1. The average molecular weight is 247 g/mol. The van der Waals surface area contributed by atoms with E-state index in [4.69, 9.17) is 9.52 Å². The summed E-state index contributed by atoms with van der Waals surface area (Å²) in [5, 5.41) is 12.0. The van der Waals surface area contributed by atoms with Crippen LogP contribution in [0.2, 0.25) is 0 Å². The Kier molecular flexibility index (Phi) is 3.27. The number of aryl methyl sites for hydroxylation is 2. The average Bonchev–Trinajstić information content (AvgIpc) is 2.72. The van der Waals surface area contributed by atoms with E-state index in [1.54, 1.807) is 32.3 Å². The van der Waals surface area contributed by atoms with Gasteiger partial charge in [-0.25, -0.2) is 14.8 Å². The van der Waals surface area contributed by atoms with Crippen LogP contribution in [0, 0.1) is 13.8 Å². The number of aromatic carboxylic acids is 1. The van der Waals surface area contributed by atoms with Crippen molar-refractivity contribution in [3.8, 4) is 0 Å². The summed E-state index contributed by atoms with van der Waals surface area (Å²) in [6.45, 7) is 3.82. The van der Waals surface area contributed by atoms with Crippen molar-refractivity contribution in [1.29, 1.82) is 0 Å². The molecule has 0 amide bonds. The molecule has 94 valence electrons. The molecule has 0 aromatic carbocycles.